The van der Waals surface area contributed by atoms with Gasteiger partial charge in [-0.25, -0.2) is 4.98 Å². The summed E-state index contributed by atoms with van der Waals surface area (Å²) in [5.41, 5.74) is 4.08. The molecule has 1 N–H and O–H groups in total. The number of methoxy groups -OCH3 is 1. The fraction of sp³-hybridized carbons (Fsp3) is 0.0909. The van der Waals surface area contributed by atoms with Crippen LogP contribution in [0.4, 0.5) is 5.69 Å². The largest absolute Gasteiger partial charge is 0.493 e. The Balaban J connectivity index is 1.57. The maximum absolute atomic E-state index is 12.3. The molecular weight excluding hydrogens is 376 g/mol. The normalized spacial score (nSPS) is 13.9. The Morgan fingerprint density at radius 3 is 2.75 bits per heavy atom. The molecule has 0 aliphatic carbocycles. The van der Waals surface area contributed by atoms with Crippen LogP contribution in [0.25, 0.3) is 11.6 Å². The average molecular weight is 393 g/mol. The highest BCUT2D eigenvalue weighted by Crippen LogP contribution is 2.35. The molecule has 1 aliphatic heterocycles. The van der Waals surface area contributed by atoms with Crippen molar-refractivity contribution >= 4 is 34.8 Å². The van der Waals surface area contributed by atoms with E-state index in [1.165, 1.54) is 0 Å². The minimum atomic E-state index is -0.115. The van der Waals surface area contributed by atoms with Crippen molar-refractivity contribution in [1.82, 2.24) is 4.98 Å². The Labute approximate surface area is 167 Å². The number of hydrogen-bond donors (Lipinski definition) is 1. The summed E-state index contributed by atoms with van der Waals surface area (Å²) in [5.74, 6) is 1.08. The van der Waals surface area contributed by atoms with Crippen molar-refractivity contribution in [3.05, 3.63) is 82.6 Å². The second-order valence-corrected chi connectivity index (χ2v) is 6.63. The molecule has 0 saturated heterocycles. The number of nitrogens with one attached hydrogen (secondary N) is 1. The van der Waals surface area contributed by atoms with Crippen LogP contribution in [0.15, 0.2) is 60.8 Å². The van der Waals surface area contributed by atoms with Crippen LogP contribution in [0.2, 0.25) is 5.15 Å². The summed E-state index contributed by atoms with van der Waals surface area (Å²) in [6.07, 6.45) is 3.51. The summed E-state index contributed by atoms with van der Waals surface area (Å²) in [6, 6.07) is 16.8. The molecule has 1 amide bonds. The van der Waals surface area contributed by atoms with Crippen LogP contribution in [0.5, 0.6) is 11.5 Å². The number of halogens is 1. The van der Waals surface area contributed by atoms with Gasteiger partial charge in [-0.15, -0.1) is 0 Å². The van der Waals surface area contributed by atoms with E-state index in [9.17, 15) is 4.79 Å². The molecule has 3 aromatic rings. The first kappa shape index (κ1) is 18.1. The summed E-state index contributed by atoms with van der Waals surface area (Å²) in [6.45, 7) is 0.344. The molecule has 140 valence electrons. The molecule has 2 aromatic carbocycles. The Kier molecular flexibility index (Phi) is 5.00. The highest BCUT2D eigenvalue weighted by molar-refractivity contribution is 6.34. The minimum Gasteiger partial charge on any atom is -0.493 e. The van der Waals surface area contributed by atoms with Crippen LogP contribution in [-0.4, -0.2) is 18.0 Å². The predicted molar refractivity (Wildman–Crippen MR) is 110 cm³/mol. The zero-order valence-electron chi connectivity index (χ0n) is 15.1. The van der Waals surface area contributed by atoms with Gasteiger partial charge in [-0.3, -0.25) is 4.79 Å². The molecule has 5 nitrogen and oxygen atoms in total. The smallest absolute Gasteiger partial charge is 0.256 e. The van der Waals surface area contributed by atoms with Gasteiger partial charge in [0.1, 0.15) is 11.8 Å². The van der Waals surface area contributed by atoms with Gasteiger partial charge < -0.3 is 14.8 Å². The number of fused-ring (bicyclic) bond motifs is 1. The van der Waals surface area contributed by atoms with Gasteiger partial charge in [-0.05, 0) is 35.9 Å². The van der Waals surface area contributed by atoms with E-state index in [2.05, 4.69) is 10.3 Å². The highest BCUT2D eigenvalue weighted by atomic mass is 35.5. The highest BCUT2D eigenvalue weighted by Gasteiger charge is 2.23. The SMILES string of the molecule is COc1cc(C=C2C(=O)Nc3ccccc32)ccc1OCc1ccc(Cl)nc1. The number of rotatable bonds is 5. The van der Waals surface area contributed by atoms with E-state index in [1.54, 1.807) is 19.4 Å². The molecule has 1 aliphatic rings. The summed E-state index contributed by atoms with van der Waals surface area (Å²) in [4.78, 5) is 16.3. The lowest BCUT2D eigenvalue weighted by Crippen LogP contribution is -2.03. The Bertz CT molecular complexity index is 1060. The Morgan fingerprint density at radius 2 is 1.96 bits per heavy atom. The number of carbonyl (C=O) groups is 1. The molecule has 2 heterocycles. The van der Waals surface area contributed by atoms with Crippen molar-refractivity contribution in [3.8, 4) is 11.5 Å². The molecule has 0 bridgehead atoms. The minimum absolute atomic E-state index is 0.115. The number of hydrogen-bond acceptors (Lipinski definition) is 4. The van der Waals surface area contributed by atoms with Gasteiger partial charge in [0.05, 0.1) is 7.11 Å². The lowest BCUT2D eigenvalue weighted by molar-refractivity contribution is -0.110. The first-order valence-corrected chi connectivity index (χ1v) is 9.05. The number of anilines is 1. The fourth-order valence-electron chi connectivity index (χ4n) is 3.00. The summed E-state index contributed by atoms with van der Waals surface area (Å²) in [5, 5.41) is 3.31. The molecule has 0 spiro atoms. The second-order valence-electron chi connectivity index (χ2n) is 6.25. The van der Waals surface area contributed by atoms with Gasteiger partial charge in [0.2, 0.25) is 0 Å². The van der Waals surface area contributed by atoms with E-state index < -0.39 is 0 Å². The van der Waals surface area contributed by atoms with Crippen LogP contribution in [0.3, 0.4) is 0 Å². The predicted octanol–water partition coefficient (Wildman–Crippen LogP) is 4.82. The van der Waals surface area contributed by atoms with Crippen molar-refractivity contribution in [2.75, 3.05) is 12.4 Å². The van der Waals surface area contributed by atoms with E-state index in [1.807, 2.05) is 54.6 Å². The molecule has 0 fully saturated rings. The first-order valence-electron chi connectivity index (χ1n) is 8.68. The topological polar surface area (TPSA) is 60.5 Å². The van der Waals surface area contributed by atoms with Crippen LogP contribution in [0.1, 0.15) is 16.7 Å². The van der Waals surface area contributed by atoms with Gasteiger partial charge in [0.15, 0.2) is 11.5 Å². The Morgan fingerprint density at radius 1 is 1.11 bits per heavy atom. The maximum Gasteiger partial charge on any atom is 0.256 e. The number of nitrogens with zero attached hydrogens (tertiary/aromatic N) is 1. The van der Waals surface area contributed by atoms with Crippen molar-refractivity contribution in [2.45, 2.75) is 6.61 Å². The van der Waals surface area contributed by atoms with Crippen molar-refractivity contribution in [1.29, 1.82) is 0 Å². The van der Waals surface area contributed by atoms with E-state index in [-0.39, 0.29) is 5.91 Å². The van der Waals surface area contributed by atoms with E-state index in [0.29, 0.717) is 28.8 Å². The Hall–Kier alpha value is -3.31. The second kappa shape index (κ2) is 7.74. The van der Waals surface area contributed by atoms with Gasteiger partial charge in [-0.2, -0.15) is 0 Å². The number of pyridine rings is 1. The molecule has 28 heavy (non-hydrogen) atoms. The third kappa shape index (κ3) is 3.70. The number of benzene rings is 2. The van der Waals surface area contributed by atoms with Crippen LogP contribution >= 0.6 is 11.6 Å². The van der Waals surface area contributed by atoms with E-state index in [0.717, 1.165) is 22.4 Å². The summed E-state index contributed by atoms with van der Waals surface area (Å²) < 4.78 is 11.3. The molecule has 0 saturated carbocycles. The first-order chi connectivity index (χ1) is 13.6. The summed E-state index contributed by atoms with van der Waals surface area (Å²) >= 11 is 5.80. The van der Waals surface area contributed by atoms with Crippen molar-refractivity contribution in [3.63, 3.8) is 0 Å². The average Bonchev–Trinajstić information content (AvgIpc) is 3.03. The van der Waals surface area contributed by atoms with E-state index >= 15 is 0 Å². The third-order valence-electron chi connectivity index (χ3n) is 4.39. The van der Waals surface area contributed by atoms with Gasteiger partial charge >= 0.3 is 0 Å². The van der Waals surface area contributed by atoms with Crippen molar-refractivity contribution < 1.29 is 14.3 Å². The molecular formula is C22H17ClN2O3. The molecule has 1 aromatic heterocycles. The number of ether oxygens (including phenoxy) is 2. The number of carbonyl (C=O) groups excluding carboxylic acids is 1. The van der Waals surface area contributed by atoms with Crippen LogP contribution in [-0.2, 0) is 11.4 Å². The molecule has 0 radical (unpaired) electrons. The van der Waals surface area contributed by atoms with Gasteiger partial charge in [0.25, 0.3) is 5.91 Å². The maximum atomic E-state index is 12.3. The fourth-order valence-corrected chi connectivity index (χ4v) is 3.11. The quantitative estimate of drug-likeness (QED) is 0.499. The molecule has 6 heteroatoms. The monoisotopic (exact) mass is 392 g/mol. The standard InChI is InChI=1S/C22H17ClN2O3/c1-27-20-11-14(10-17-16-4-2-3-5-18(16)25-22(17)26)6-8-19(20)28-13-15-7-9-21(23)24-12-15/h2-12H,13H2,1H3,(H,25,26). The number of para-hydroxylation sites is 1. The zero-order chi connectivity index (χ0) is 19.5. The number of aromatic nitrogens is 1. The zero-order valence-corrected chi connectivity index (χ0v) is 15.9. The number of amides is 1. The van der Waals surface area contributed by atoms with E-state index in [4.69, 9.17) is 21.1 Å². The molecule has 0 atom stereocenters. The van der Waals surface area contributed by atoms with Crippen molar-refractivity contribution in [2.24, 2.45) is 0 Å². The third-order valence-corrected chi connectivity index (χ3v) is 4.62. The van der Waals surface area contributed by atoms with Crippen LogP contribution in [0, 0.1) is 0 Å². The lowest BCUT2D eigenvalue weighted by Gasteiger charge is -2.11. The summed E-state index contributed by atoms with van der Waals surface area (Å²) in [7, 11) is 1.58. The lowest BCUT2D eigenvalue weighted by atomic mass is 10.0. The van der Waals surface area contributed by atoms with Gasteiger partial charge in [-0.1, -0.05) is 41.9 Å². The molecule has 4 rings (SSSR count). The van der Waals surface area contributed by atoms with Gasteiger partial charge in [0, 0.05) is 28.6 Å². The molecule has 0 unspecified atom stereocenters. The van der Waals surface area contributed by atoms with Crippen LogP contribution < -0.4 is 14.8 Å².